The zero-order valence-corrected chi connectivity index (χ0v) is 8.89. The SMILES string of the molecule is Cn1nncc1C(N)c1ccc(Cl)cn1. The summed E-state index contributed by atoms with van der Waals surface area (Å²) in [5, 5.41) is 8.17. The third kappa shape index (κ3) is 1.98. The van der Waals surface area contributed by atoms with E-state index >= 15 is 0 Å². The molecular formula is C9H10ClN5. The van der Waals surface area contributed by atoms with Gasteiger partial charge in [-0.2, -0.15) is 0 Å². The lowest BCUT2D eigenvalue weighted by Crippen LogP contribution is -2.17. The summed E-state index contributed by atoms with van der Waals surface area (Å²) in [6.45, 7) is 0. The molecule has 2 rings (SSSR count). The molecule has 0 amide bonds. The Bertz CT molecular complexity index is 450. The van der Waals surface area contributed by atoms with Gasteiger partial charge >= 0.3 is 0 Å². The van der Waals surface area contributed by atoms with Crippen LogP contribution in [0.25, 0.3) is 0 Å². The quantitative estimate of drug-likeness (QED) is 0.822. The van der Waals surface area contributed by atoms with Crippen LogP contribution in [-0.4, -0.2) is 20.0 Å². The van der Waals surface area contributed by atoms with Crippen LogP contribution < -0.4 is 5.73 Å². The van der Waals surface area contributed by atoms with Gasteiger partial charge in [-0.05, 0) is 12.1 Å². The van der Waals surface area contributed by atoms with Gasteiger partial charge in [0.1, 0.15) is 0 Å². The second-order valence-electron chi connectivity index (χ2n) is 3.16. The average molecular weight is 224 g/mol. The number of aryl methyl sites for hydroxylation is 1. The number of halogens is 1. The molecule has 1 atom stereocenters. The van der Waals surface area contributed by atoms with E-state index in [1.165, 1.54) is 0 Å². The summed E-state index contributed by atoms with van der Waals surface area (Å²) in [4.78, 5) is 4.15. The summed E-state index contributed by atoms with van der Waals surface area (Å²) in [6.07, 6.45) is 3.20. The number of rotatable bonds is 2. The lowest BCUT2D eigenvalue weighted by molar-refractivity contribution is 0.644. The summed E-state index contributed by atoms with van der Waals surface area (Å²) in [7, 11) is 1.79. The standard InChI is InChI=1S/C9H10ClN5/c1-15-8(5-13-14-15)9(11)7-3-2-6(10)4-12-7/h2-5,9H,11H2,1H3. The molecule has 0 spiro atoms. The zero-order valence-electron chi connectivity index (χ0n) is 8.13. The molecule has 0 saturated heterocycles. The van der Waals surface area contributed by atoms with Crippen LogP contribution in [0.15, 0.2) is 24.5 Å². The van der Waals surface area contributed by atoms with Crippen molar-refractivity contribution in [1.82, 2.24) is 20.0 Å². The lowest BCUT2D eigenvalue weighted by atomic mass is 10.1. The number of pyridine rings is 1. The topological polar surface area (TPSA) is 69.6 Å². The number of aromatic nitrogens is 4. The van der Waals surface area contributed by atoms with Crippen LogP contribution in [0.3, 0.4) is 0 Å². The van der Waals surface area contributed by atoms with Crippen LogP contribution in [-0.2, 0) is 7.05 Å². The summed E-state index contributed by atoms with van der Waals surface area (Å²) in [5.41, 5.74) is 7.56. The molecule has 0 fully saturated rings. The maximum Gasteiger partial charge on any atom is 0.0913 e. The van der Waals surface area contributed by atoms with Crippen molar-refractivity contribution in [1.29, 1.82) is 0 Å². The molecule has 2 N–H and O–H groups in total. The van der Waals surface area contributed by atoms with Crippen molar-refractivity contribution in [3.05, 3.63) is 40.9 Å². The second-order valence-corrected chi connectivity index (χ2v) is 3.60. The van der Waals surface area contributed by atoms with Gasteiger partial charge in [-0.25, -0.2) is 0 Å². The highest BCUT2D eigenvalue weighted by atomic mass is 35.5. The number of nitrogens with two attached hydrogens (primary N) is 1. The van der Waals surface area contributed by atoms with Crippen LogP contribution in [0, 0.1) is 0 Å². The van der Waals surface area contributed by atoms with E-state index in [-0.39, 0.29) is 6.04 Å². The molecule has 2 heterocycles. The van der Waals surface area contributed by atoms with Crippen molar-refractivity contribution < 1.29 is 0 Å². The summed E-state index contributed by atoms with van der Waals surface area (Å²) >= 11 is 5.74. The van der Waals surface area contributed by atoms with E-state index in [1.807, 2.05) is 0 Å². The molecule has 0 bridgehead atoms. The third-order valence-corrected chi connectivity index (χ3v) is 2.36. The number of hydrogen-bond donors (Lipinski definition) is 1. The zero-order chi connectivity index (χ0) is 10.8. The molecule has 5 nitrogen and oxygen atoms in total. The Hall–Kier alpha value is -1.46. The van der Waals surface area contributed by atoms with Crippen molar-refractivity contribution in [3.8, 4) is 0 Å². The van der Waals surface area contributed by atoms with Crippen LogP contribution in [0.1, 0.15) is 17.4 Å². The van der Waals surface area contributed by atoms with Crippen molar-refractivity contribution in [3.63, 3.8) is 0 Å². The van der Waals surface area contributed by atoms with E-state index in [4.69, 9.17) is 17.3 Å². The molecule has 0 aromatic carbocycles. The molecule has 0 aliphatic rings. The first-order chi connectivity index (χ1) is 7.18. The maximum atomic E-state index is 6.01. The van der Waals surface area contributed by atoms with Crippen LogP contribution in [0.4, 0.5) is 0 Å². The molecule has 78 valence electrons. The first-order valence-corrected chi connectivity index (χ1v) is 4.78. The van der Waals surface area contributed by atoms with Crippen molar-refractivity contribution in [2.24, 2.45) is 12.8 Å². The van der Waals surface area contributed by atoms with Gasteiger partial charge in [0.15, 0.2) is 0 Å². The first kappa shape index (κ1) is 10.1. The molecule has 15 heavy (non-hydrogen) atoms. The fraction of sp³-hybridized carbons (Fsp3) is 0.222. The minimum absolute atomic E-state index is 0.331. The minimum Gasteiger partial charge on any atom is -0.318 e. The molecule has 6 heteroatoms. The van der Waals surface area contributed by atoms with E-state index in [1.54, 1.807) is 36.3 Å². The van der Waals surface area contributed by atoms with Gasteiger partial charge in [0.2, 0.25) is 0 Å². The van der Waals surface area contributed by atoms with E-state index in [2.05, 4.69) is 15.3 Å². The molecule has 0 saturated carbocycles. The molecule has 1 unspecified atom stereocenters. The lowest BCUT2D eigenvalue weighted by Gasteiger charge is -2.10. The van der Waals surface area contributed by atoms with Crippen LogP contribution in [0.2, 0.25) is 5.02 Å². The monoisotopic (exact) mass is 223 g/mol. The maximum absolute atomic E-state index is 6.01. The van der Waals surface area contributed by atoms with E-state index in [0.29, 0.717) is 5.02 Å². The highest BCUT2D eigenvalue weighted by molar-refractivity contribution is 6.30. The fourth-order valence-electron chi connectivity index (χ4n) is 1.30. The van der Waals surface area contributed by atoms with Gasteiger partial charge in [0.25, 0.3) is 0 Å². The Morgan fingerprint density at radius 1 is 1.40 bits per heavy atom. The van der Waals surface area contributed by atoms with Gasteiger partial charge in [-0.15, -0.1) is 5.10 Å². The smallest absolute Gasteiger partial charge is 0.0913 e. The molecule has 0 radical (unpaired) electrons. The molecule has 0 aliphatic heterocycles. The van der Waals surface area contributed by atoms with Crippen molar-refractivity contribution in [2.45, 2.75) is 6.04 Å². The third-order valence-electron chi connectivity index (χ3n) is 2.14. The first-order valence-electron chi connectivity index (χ1n) is 4.40. The highest BCUT2D eigenvalue weighted by Crippen LogP contribution is 2.17. The molecule has 2 aromatic rings. The fourth-order valence-corrected chi connectivity index (χ4v) is 1.41. The van der Waals surface area contributed by atoms with Crippen molar-refractivity contribution in [2.75, 3.05) is 0 Å². The molecular weight excluding hydrogens is 214 g/mol. The largest absolute Gasteiger partial charge is 0.318 e. The molecule has 2 aromatic heterocycles. The summed E-state index contributed by atoms with van der Waals surface area (Å²) < 4.78 is 1.63. The van der Waals surface area contributed by atoms with Gasteiger partial charge < -0.3 is 5.73 Å². The predicted octanol–water partition coefficient (Wildman–Crippen LogP) is 0.912. The number of hydrogen-bond acceptors (Lipinski definition) is 4. The Kier molecular flexibility index (Phi) is 2.66. The van der Waals surface area contributed by atoms with Gasteiger partial charge in [0.05, 0.1) is 28.6 Å². The number of nitrogens with zero attached hydrogens (tertiary/aromatic N) is 4. The Morgan fingerprint density at radius 3 is 2.73 bits per heavy atom. The predicted molar refractivity (Wildman–Crippen MR) is 56.3 cm³/mol. The Morgan fingerprint density at radius 2 is 2.20 bits per heavy atom. The summed E-state index contributed by atoms with van der Waals surface area (Å²) in [5.74, 6) is 0. The van der Waals surface area contributed by atoms with E-state index in [0.717, 1.165) is 11.4 Å². The van der Waals surface area contributed by atoms with E-state index in [9.17, 15) is 0 Å². The molecule has 0 aliphatic carbocycles. The van der Waals surface area contributed by atoms with Crippen LogP contribution in [0.5, 0.6) is 0 Å². The van der Waals surface area contributed by atoms with Gasteiger partial charge in [-0.1, -0.05) is 16.8 Å². The second kappa shape index (κ2) is 3.96. The minimum atomic E-state index is -0.331. The van der Waals surface area contributed by atoms with Crippen molar-refractivity contribution >= 4 is 11.6 Å². The average Bonchev–Trinajstić information content (AvgIpc) is 2.65. The summed E-state index contributed by atoms with van der Waals surface area (Å²) in [6, 6.07) is 3.22. The highest BCUT2D eigenvalue weighted by Gasteiger charge is 2.14. The van der Waals surface area contributed by atoms with Crippen LogP contribution >= 0.6 is 11.6 Å². The Balaban J connectivity index is 2.32. The van der Waals surface area contributed by atoms with E-state index < -0.39 is 0 Å². The van der Waals surface area contributed by atoms with Gasteiger partial charge in [-0.3, -0.25) is 9.67 Å². The van der Waals surface area contributed by atoms with Gasteiger partial charge in [0, 0.05) is 13.2 Å². The normalized spacial score (nSPS) is 12.7. The Labute approximate surface area is 91.9 Å².